The van der Waals surface area contributed by atoms with Crippen molar-refractivity contribution in [1.82, 2.24) is 51.5 Å². The minimum absolute atomic E-state index is 0.0208. The van der Waals surface area contributed by atoms with Gasteiger partial charge in [-0.05, 0) is 119 Å². The number of hydrogen-bond acceptors (Lipinski definition) is 10. The van der Waals surface area contributed by atoms with Crippen LogP contribution in [0.2, 0.25) is 0 Å². The Morgan fingerprint density at radius 3 is 1.48 bits per heavy atom. The van der Waals surface area contributed by atoms with Gasteiger partial charge in [-0.3, -0.25) is 24.0 Å². The number of benzene rings is 5. The minimum atomic E-state index is -1.16. The number of likely N-dealkylation sites (N-methyl/N-ethyl adjacent to an activating group) is 2. The summed E-state index contributed by atoms with van der Waals surface area (Å²) in [5.74, 6) is -1.75. The number of nitrogens with one attached hydrogen (secondary N) is 8. The number of rotatable bonds is 16. The van der Waals surface area contributed by atoms with Crippen molar-refractivity contribution in [1.29, 1.82) is 0 Å². The lowest BCUT2D eigenvalue weighted by Crippen LogP contribution is -2.62. The molecule has 9 atom stereocenters. The highest BCUT2D eigenvalue weighted by Gasteiger charge is 2.47. The molecule has 0 spiro atoms. The summed E-state index contributed by atoms with van der Waals surface area (Å²) in [6.07, 6.45) is 2.56. The number of carbonyl (C=O) groups is 7. The molecule has 19 nitrogen and oxygen atoms in total. The zero-order chi connectivity index (χ0) is 57.2. The standard InChI is InChI=1S/C62H76N12O7/c1-39(63-3)56(75)68-51-37-72(34-32-48-35-44(36-73(48)59(51)78)49-23-15-16-24-50(49)55(65-5)43-21-13-8-14-22-43)62(81)67-46-27-25-45(26-28-46)66-61(80)71-33-31-47-29-30-53(74(47)60(79)52(38-71)69-57(76)40(2)64-4)58(77)70-54(41-17-9-6-10-18-41)42-19-11-7-12-20-42/h6-28,39-40,44,47-48,51-55,63-65H,29-38H2,1-5H3,(H,66,80)(H,67,81)(H,68,75)(H,69,76)(H,70,77)/t39-,40-,44?,47+,48-,51-,52-,53-,55?/m0/s1. The van der Waals surface area contributed by atoms with Crippen LogP contribution in [0.1, 0.15) is 91.8 Å². The molecule has 0 radical (unpaired) electrons. The largest absolute Gasteiger partial charge is 0.343 e. The first kappa shape index (κ1) is 57.6. The molecule has 4 aliphatic rings. The maximum absolute atomic E-state index is 14.8. The molecular formula is C62H76N12O7. The van der Waals surface area contributed by atoms with E-state index < -0.39 is 60.1 Å². The quantitative estimate of drug-likeness (QED) is 0.0636. The Bertz CT molecular complexity index is 2970. The van der Waals surface area contributed by atoms with Gasteiger partial charge < -0.3 is 62.1 Å². The van der Waals surface area contributed by atoms with Crippen LogP contribution in [0.5, 0.6) is 0 Å². The molecule has 4 saturated heterocycles. The van der Waals surface area contributed by atoms with Crippen molar-refractivity contribution in [2.45, 2.75) is 106 Å². The van der Waals surface area contributed by atoms with E-state index >= 15 is 0 Å². The second-order valence-electron chi connectivity index (χ2n) is 21.6. The van der Waals surface area contributed by atoms with Crippen LogP contribution in [0.15, 0.2) is 140 Å². The van der Waals surface area contributed by atoms with Crippen molar-refractivity contribution in [2.24, 2.45) is 0 Å². The lowest BCUT2D eigenvalue weighted by Gasteiger charge is -2.39. The monoisotopic (exact) mass is 1100 g/mol. The topological polar surface area (TPSA) is 229 Å². The normalized spacial score (nSPS) is 22.2. The Labute approximate surface area is 474 Å². The summed E-state index contributed by atoms with van der Waals surface area (Å²) in [6.45, 7) is 4.21. The van der Waals surface area contributed by atoms with Crippen molar-refractivity contribution in [3.8, 4) is 0 Å². The lowest BCUT2D eigenvalue weighted by atomic mass is 9.86. The predicted molar refractivity (Wildman–Crippen MR) is 311 cm³/mol. The van der Waals surface area contributed by atoms with Gasteiger partial charge in [0.2, 0.25) is 29.5 Å². The summed E-state index contributed by atoms with van der Waals surface area (Å²) < 4.78 is 0. The highest BCUT2D eigenvalue weighted by molar-refractivity contribution is 5.96. The fourth-order valence-electron chi connectivity index (χ4n) is 11.9. The van der Waals surface area contributed by atoms with Gasteiger partial charge in [-0.15, -0.1) is 0 Å². The minimum Gasteiger partial charge on any atom is -0.343 e. The Morgan fingerprint density at radius 1 is 0.506 bits per heavy atom. The van der Waals surface area contributed by atoms with E-state index in [2.05, 4.69) is 66.8 Å². The van der Waals surface area contributed by atoms with Crippen LogP contribution in [0.3, 0.4) is 0 Å². The average Bonchev–Trinajstić information content (AvgIpc) is 4.16. The van der Waals surface area contributed by atoms with Crippen LogP contribution in [-0.2, 0) is 24.0 Å². The molecule has 5 aromatic rings. The summed E-state index contributed by atoms with van der Waals surface area (Å²) >= 11 is 0. The van der Waals surface area contributed by atoms with E-state index in [0.29, 0.717) is 56.6 Å². The van der Waals surface area contributed by atoms with E-state index in [9.17, 15) is 33.6 Å². The highest BCUT2D eigenvalue weighted by atomic mass is 16.2. The molecule has 426 valence electrons. The van der Waals surface area contributed by atoms with Crippen molar-refractivity contribution in [2.75, 3.05) is 64.5 Å². The second-order valence-corrected chi connectivity index (χ2v) is 21.6. The fourth-order valence-corrected chi connectivity index (χ4v) is 11.9. The molecule has 9 amide bonds. The summed E-state index contributed by atoms with van der Waals surface area (Å²) in [5.41, 5.74) is 6.06. The van der Waals surface area contributed by atoms with Crippen LogP contribution in [0.4, 0.5) is 21.0 Å². The van der Waals surface area contributed by atoms with E-state index in [1.54, 1.807) is 62.0 Å². The molecule has 4 heterocycles. The predicted octanol–water partition coefficient (Wildman–Crippen LogP) is 5.31. The van der Waals surface area contributed by atoms with Gasteiger partial charge in [0.1, 0.15) is 18.1 Å². The average molecular weight is 1100 g/mol. The summed E-state index contributed by atoms with van der Waals surface area (Å²) in [4.78, 5) is 106. The van der Waals surface area contributed by atoms with E-state index in [4.69, 9.17) is 0 Å². The third-order valence-electron chi connectivity index (χ3n) is 16.6. The lowest BCUT2D eigenvalue weighted by molar-refractivity contribution is -0.144. The number of urea groups is 2. The zero-order valence-corrected chi connectivity index (χ0v) is 46.8. The van der Waals surface area contributed by atoms with Crippen molar-refractivity contribution < 1.29 is 33.6 Å². The Kier molecular flexibility index (Phi) is 18.8. The van der Waals surface area contributed by atoms with Gasteiger partial charge >= 0.3 is 12.1 Å². The summed E-state index contributed by atoms with van der Waals surface area (Å²) in [5, 5.41) is 24.3. The van der Waals surface area contributed by atoms with E-state index in [1.165, 1.54) is 4.90 Å². The van der Waals surface area contributed by atoms with Crippen LogP contribution >= 0.6 is 0 Å². The first-order chi connectivity index (χ1) is 39.2. The first-order valence-corrected chi connectivity index (χ1v) is 28.3. The summed E-state index contributed by atoms with van der Waals surface area (Å²) in [7, 11) is 5.26. The van der Waals surface area contributed by atoms with Crippen LogP contribution in [-0.4, -0.2) is 157 Å². The zero-order valence-electron chi connectivity index (χ0n) is 46.8. The third kappa shape index (κ3) is 13.4. The van der Waals surface area contributed by atoms with Crippen molar-refractivity contribution >= 4 is 53.0 Å². The molecular weight excluding hydrogens is 1020 g/mol. The van der Waals surface area contributed by atoms with E-state index in [0.717, 1.165) is 27.8 Å². The molecule has 4 aliphatic heterocycles. The fraction of sp³-hybridized carbons (Fsp3) is 0.403. The number of fused-ring (bicyclic) bond motifs is 2. The molecule has 0 bridgehead atoms. The molecule has 0 aromatic heterocycles. The van der Waals surface area contributed by atoms with E-state index in [-0.39, 0.29) is 61.4 Å². The molecule has 8 N–H and O–H groups in total. The molecule has 2 unspecified atom stereocenters. The van der Waals surface area contributed by atoms with Gasteiger partial charge in [-0.25, -0.2) is 9.59 Å². The van der Waals surface area contributed by atoms with Gasteiger partial charge in [0, 0.05) is 49.0 Å². The Morgan fingerprint density at radius 2 is 0.975 bits per heavy atom. The second kappa shape index (κ2) is 26.4. The molecule has 81 heavy (non-hydrogen) atoms. The third-order valence-corrected chi connectivity index (χ3v) is 16.6. The maximum Gasteiger partial charge on any atom is 0.321 e. The Balaban J connectivity index is 0.865. The van der Waals surface area contributed by atoms with Gasteiger partial charge in [0.25, 0.3) is 0 Å². The number of nitrogens with zero attached hydrogens (tertiary/aromatic N) is 4. The molecule has 0 saturated carbocycles. The van der Waals surface area contributed by atoms with Gasteiger partial charge in [0.15, 0.2) is 0 Å². The number of amides is 9. The summed E-state index contributed by atoms with van der Waals surface area (Å²) in [6, 6.07) is 38.3. The van der Waals surface area contributed by atoms with Gasteiger partial charge in [-0.2, -0.15) is 0 Å². The SMILES string of the molecule is CNC(c1ccccc1)c1ccccc1C1C[C@@H]2CCN(C(=O)Nc3ccc(NC(=O)N4CC[C@H]5CC[C@@H](C(=O)NC(c6ccccc6)c6ccccc6)N5C(=O)[C@@H](NC(=O)[C@H](C)NC)C4)cc3)C[C@H](NC(=O)[C@H](C)NC)C(=O)N2C1. The van der Waals surface area contributed by atoms with Crippen molar-refractivity contribution in [3.63, 3.8) is 0 Å². The molecule has 4 fully saturated rings. The number of anilines is 2. The molecule has 9 rings (SSSR count). The maximum atomic E-state index is 14.8. The smallest absolute Gasteiger partial charge is 0.321 e. The van der Waals surface area contributed by atoms with Crippen LogP contribution < -0.4 is 42.5 Å². The first-order valence-electron chi connectivity index (χ1n) is 28.3. The van der Waals surface area contributed by atoms with Gasteiger partial charge in [-0.1, -0.05) is 115 Å². The molecule has 19 heteroatoms. The Hall–Kier alpha value is -8.13. The molecule has 0 aliphatic carbocycles. The number of carbonyl (C=O) groups excluding carboxylic acids is 7. The van der Waals surface area contributed by atoms with Crippen molar-refractivity contribution in [3.05, 3.63) is 167 Å². The van der Waals surface area contributed by atoms with Gasteiger partial charge in [0.05, 0.1) is 37.3 Å². The highest BCUT2D eigenvalue weighted by Crippen LogP contribution is 2.39. The van der Waals surface area contributed by atoms with Crippen LogP contribution in [0.25, 0.3) is 0 Å². The molecule has 5 aromatic carbocycles. The number of hydrogen-bond donors (Lipinski definition) is 8. The van der Waals surface area contributed by atoms with E-state index in [1.807, 2.05) is 103 Å². The van der Waals surface area contributed by atoms with Crippen LogP contribution in [0, 0.1) is 0 Å².